The highest BCUT2D eigenvalue weighted by atomic mass is 16.5. The number of ether oxygens (including phenoxy) is 1. The molecule has 0 bridgehead atoms. The Bertz CT molecular complexity index is 368. The summed E-state index contributed by atoms with van der Waals surface area (Å²) in [5.74, 6) is 0.0270. The molecule has 0 aromatic heterocycles. The van der Waals surface area contributed by atoms with Crippen LogP contribution < -0.4 is 5.73 Å². The highest BCUT2D eigenvalue weighted by molar-refractivity contribution is 5.80. The van der Waals surface area contributed by atoms with Crippen LogP contribution in [-0.4, -0.2) is 36.6 Å². The Hall–Kier alpha value is -1.39. The summed E-state index contributed by atoms with van der Waals surface area (Å²) in [5.41, 5.74) is 6.66. The van der Waals surface area contributed by atoms with E-state index in [1.165, 1.54) is 0 Å². The van der Waals surface area contributed by atoms with Crippen LogP contribution in [0.2, 0.25) is 0 Å². The fraction of sp³-hybridized carbons (Fsp3) is 0.533. The Kier molecular flexibility index (Phi) is 7.15. The summed E-state index contributed by atoms with van der Waals surface area (Å²) in [6, 6.07) is 9.97. The lowest BCUT2D eigenvalue weighted by molar-refractivity contribution is -0.143. The van der Waals surface area contributed by atoms with Crippen LogP contribution in [0.3, 0.4) is 0 Å². The van der Waals surface area contributed by atoms with E-state index >= 15 is 0 Å². The van der Waals surface area contributed by atoms with Gasteiger partial charge in [-0.2, -0.15) is 0 Å². The molecule has 1 aromatic rings. The Labute approximate surface area is 115 Å². The summed E-state index contributed by atoms with van der Waals surface area (Å²) in [5, 5.41) is 0. The van der Waals surface area contributed by atoms with Gasteiger partial charge in [0.2, 0.25) is 0 Å². The zero-order valence-corrected chi connectivity index (χ0v) is 11.8. The molecule has 1 atom stereocenters. The maximum atomic E-state index is 12.3. The van der Waals surface area contributed by atoms with Crippen LogP contribution >= 0.6 is 0 Å². The van der Waals surface area contributed by atoms with Gasteiger partial charge in [-0.3, -0.25) is 4.79 Å². The maximum Gasteiger partial charge on any atom is 0.251 e. The third kappa shape index (κ3) is 5.41. The monoisotopic (exact) mass is 264 g/mol. The van der Waals surface area contributed by atoms with Crippen molar-refractivity contribution in [1.29, 1.82) is 0 Å². The Balaban J connectivity index is 2.68. The van der Waals surface area contributed by atoms with E-state index in [1.54, 1.807) is 6.92 Å². The van der Waals surface area contributed by atoms with Gasteiger partial charge in [-0.05, 0) is 32.4 Å². The van der Waals surface area contributed by atoms with Gasteiger partial charge in [0, 0.05) is 19.7 Å². The van der Waals surface area contributed by atoms with Gasteiger partial charge in [0.05, 0.1) is 0 Å². The lowest BCUT2D eigenvalue weighted by Crippen LogP contribution is -2.39. The Morgan fingerprint density at radius 3 is 2.63 bits per heavy atom. The number of rotatable bonds is 8. The second-order valence-electron chi connectivity index (χ2n) is 4.49. The van der Waals surface area contributed by atoms with Crippen LogP contribution in [0.25, 0.3) is 0 Å². The first-order chi connectivity index (χ1) is 9.19. The molecule has 0 radical (unpaired) electrons. The van der Waals surface area contributed by atoms with Gasteiger partial charge in [0.15, 0.2) is 0 Å². The van der Waals surface area contributed by atoms with Crippen molar-refractivity contribution in [1.82, 2.24) is 4.90 Å². The summed E-state index contributed by atoms with van der Waals surface area (Å²) >= 11 is 0. The predicted molar refractivity (Wildman–Crippen MR) is 76.6 cm³/mol. The fourth-order valence-electron chi connectivity index (χ4n) is 1.93. The van der Waals surface area contributed by atoms with E-state index in [2.05, 4.69) is 0 Å². The molecule has 0 spiro atoms. The molecule has 106 valence electrons. The number of hydrogen-bond donors (Lipinski definition) is 1. The van der Waals surface area contributed by atoms with Crippen molar-refractivity contribution in [2.24, 2.45) is 5.73 Å². The van der Waals surface area contributed by atoms with Gasteiger partial charge in [-0.1, -0.05) is 30.3 Å². The number of nitrogens with zero attached hydrogens (tertiary/aromatic N) is 1. The third-order valence-corrected chi connectivity index (χ3v) is 2.92. The lowest BCUT2D eigenvalue weighted by atomic mass is 10.2. The standard InChI is InChI=1S/C15H24N2O2/c1-3-19-13(2)15(18)17(11-7-10-16)12-14-8-5-4-6-9-14/h4-6,8-9,13H,3,7,10-12,16H2,1-2H3. The Morgan fingerprint density at radius 1 is 1.37 bits per heavy atom. The quantitative estimate of drug-likeness (QED) is 0.779. The molecule has 0 saturated heterocycles. The molecular weight excluding hydrogens is 240 g/mol. The molecule has 0 aliphatic carbocycles. The van der Waals surface area contributed by atoms with Crippen molar-refractivity contribution in [3.8, 4) is 0 Å². The molecule has 2 N–H and O–H groups in total. The largest absolute Gasteiger partial charge is 0.369 e. The zero-order chi connectivity index (χ0) is 14.1. The number of hydrogen-bond acceptors (Lipinski definition) is 3. The van der Waals surface area contributed by atoms with Crippen molar-refractivity contribution in [3.63, 3.8) is 0 Å². The molecule has 0 aliphatic heterocycles. The fourth-order valence-corrected chi connectivity index (χ4v) is 1.93. The molecule has 1 amide bonds. The third-order valence-electron chi connectivity index (χ3n) is 2.92. The van der Waals surface area contributed by atoms with E-state index in [1.807, 2.05) is 42.2 Å². The smallest absolute Gasteiger partial charge is 0.251 e. The van der Waals surface area contributed by atoms with E-state index in [-0.39, 0.29) is 5.91 Å². The minimum Gasteiger partial charge on any atom is -0.369 e. The molecule has 4 heteroatoms. The summed E-state index contributed by atoms with van der Waals surface area (Å²) in [4.78, 5) is 14.1. The highest BCUT2D eigenvalue weighted by Gasteiger charge is 2.20. The number of carbonyl (C=O) groups is 1. The van der Waals surface area contributed by atoms with Gasteiger partial charge in [-0.15, -0.1) is 0 Å². The molecule has 0 fully saturated rings. The van der Waals surface area contributed by atoms with Gasteiger partial charge >= 0.3 is 0 Å². The number of carbonyl (C=O) groups excluding carboxylic acids is 1. The summed E-state index contributed by atoms with van der Waals surface area (Å²) in [6.45, 7) is 6.10. The van der Waals surface area contributed by atoms with Gasteiger partial charge in [0.1, 0.15) is 6.10 Å². The Morgan fingerprint density at radius 2 is 2.05 bits per heavy atom. The highest BCUT2D eigenvalue weighted by Crippen LogP contribution is 2.08. The topological polar surface area (TPSA) is 55.6 Å². The molecule has 0 saturated carbocycles. The number of nitrogens with two attached hydrogens (primary N) is 1. The number of amides is 1. The summed E-state index contributed by atoms with van der Waals surface area (Å²) in [7, 11) is 0. The first-order valence-electron chi connectivity index (χ1n) is 6.83. The molecule has 1 unspecified atom stereocenters. The molecule has 1 aromatic carbocycles. The van der Waals surface area contributed by atoms with Crippen LogP contribution in [0, 0.1) is 0 Å². The van der Waals surface area contributed by atoms with Crippen LogP contribution in [0.5, 0.6) is 0 Å². The first kappa shape index (κ1) is 15.7. The van der Waals surface area contributed by atoms with Crippen molar-refractivity contribution < 1.29 is 9.53 Å². The molecule has 19 heavy (non-hydrogen) atoms. The number of benzene rings is 1. The molecule has 0 heterocycles. The molecule has 1 rings (SSSR count). The normalized spacial score (nSPS) is 12.2. The second-order valence-corrected chi connectivity index (χ2v) is 4.49. The van der Waals surface area contributed by atoms with Gasteiger partial charge in [-0.25, -0.2) is 0 Å². The maximum absolute atomic E-state index is 12.3. The van der Waals surface area contributed by atoms with E-state index in [9.17, 15) is 4.79 Å². The van der Waals surface area contributed by atoms with Crippen LogP contribution in [-0.2, 0) is 16.1 Å². The van der Waals surface area contributed by atoms with E-state index < -0.39 is 6.10 Å². The van der Waals surface area contributed by atoms with Gasteiger partial charge in [0.25, 0.3) is 5.91 Å². The summed E-state index contributed by atoms with van der Waals surface area (Å²) < 4.78 is 5.38. The van der Waals surface area contributed by atoms with E-state index in [0.717, 1.165) is 12.0 Å². The minimum absolute atomic E-state index is 0.0270. The summed E-state index contributed by atoms with van der Waals surface area (Å²) in [6.07, 6.45) is 0.406. The van der Waals surface area contributed by atoms with Crippen LogP contribution in [0.1, 0.15) is 25.8 Å². The minimum atomic E-state index is -0.397. The first-order valence-corrected chi connectivity index (χ1v) is 6.83. The average molecular weight is 264 g/mol. The molecule has 0 aliphatic rings. The van der Waals surface area contributed by atoms with Gasteiger partial charge < -0.3 is 15.4 Å². The molecule has 4 nitrogen and oxygen atoms in total. The molecular formula is C15H24N2O2. The van der Waals surface area contributed by atoms with Crippen LogP contribution in [0.15, 0.2) is 30.3 Å². The zero-order valence-electron chi connectivity index (χ0n) is 11.8. The van der Waals surface area contributed by atoms with Crippen molar-refractivity contribution in [2.45, 2.75) is 32.9 Å². The second kappa shape index (κ2) is 8.67. The lowest BCUT2D eigenvalue weighted by Gasteiger charge is -2.25. The van der Waals surface area contributed by atoms with Crippen molar-refractivity contribution >= 4 is 5.91 Å². The van der Waals surface area contributed by atoms with E-state index in [0.29, 0.717) is 26.2 Å². The SMILES string of the molecule is CCOC(C)C(=O)N(CCCN)Cc1ccccc1. The predicted octanol–water partition coefficient (Wildman–Crippen LogP) is 1.79. The average Bonchev–Trinajstić information content (AvgIpc) is 2.44. The van der Waals surface area contributed by atoms with Crippen molar-refractivity contribution in [2.75, 3.05) is 19.7 Å². The van der Waals surface area contributed by atoms with E-state index in [4.69, 9.17) is 10.5 Å². The van der Waals surface area contributed by atoms with Crippen LogP contribution in [0.4, 0.5) is 0 Å². The van der Waals surface area contributed by atoms with Crippen molar-refractivity contribution in [3.05, 3.63) is 35.9 Å².